The average molecular weight is 303 g/mol. The maximum Gasteiger partial charge on any atom is 0.241 e. The molecule has 3 rings (SSSR count). The van der Waals surface area contributed by atoms with Crippen LogP contribution in [0.2, 0.25) is 0 Å². The van der Waals surface area contributed by atoms with Gasteiger partial charge in [0.05, 0.1) is 6.10 Å². The van der Waals surface area contributed by atoms with Gasteiger partial charge in [-0.15, -0.1) is 12.4 Å². The van der Waals surface area contributed by atoms with Crippen LogP contribution in [-0.4, -0.2) is 30.2 Å². The Labute approximate surface area is 127 Å². The monoisotopic (exact) mass is 302 g/mol. The standard InChI is InChI=1S/C15H26N2O2.ClH/c1-14(2)12-11(8-5-9-19-12)15(14,16)13(18)17-10-6-3-4-7-10;/h10-12H,3-9,16H2,1-2H3,(H,17,18);1H. The van der Waals surface area contributed by atoms with E-state index in [2.05, 4.69) is 19.2 Å². The van der Waals surface area contributed by atoms with Crippen molar-refractivity contribution >= 4 is 18.3 Å². The van der Waals surface area contributed by atoms with E-state index in [1.165, 1.54) is 12.8 Å². The Hall–Kier alpha value is -0.320. The highest BCUT2D eigenvalue weighted by molar-refractivity contribution is 5.89. The highest BCUT2D eigenvalue weighted by Crippen LogP contribution is 2.57. The molecule has 1 saturated heterocycles. The first-order valence-corrected chi connectivity index (χ1v) is 7.69. The van der Waals surface area contributed by atoms with Crippen molar-refractivity contribution in [3.8, 4) is 0 Å². The van der Waals surface area contributed by atoms with Gasteiger partial charge in [0, 0.05) is 24.0 Å². The van der Waals surface area contributed by atoms with Crippen LogP contribution in [-0.2, 0) is 9.53 Å². The summed E-state index contributed by atoms with van der Waals surface area (Å²) in [5.74, 6) is 0.244. The highest BCUT2D eigenvalue weighted by Gasteiger charge is 2.70. The molecule has 116 valence electrons. The molecule has 0 spiro atoms. The second-order valence-electron chi connectivity index (χ2n) is 7.09. The lowest BCUT2D eigenvalue weighted by molar-refractivity contribution is -0.225. The van der Waals surface area contributed by atoms with Crippen LogP contribution < -0.4 is 11.1 Å². The molecule has 2 aliphatic carbocycles. The summed E-state index contributed by atoms with van der Waals surface area (Å²) in [5, 5.41) is 3.19. The van der Waals surface area contributed by atoms with Gasteiger partial charge in [0.1, 0.15) is 5.54 Å². The summed E-state index contributed by atoms with van der Waals surface area (Å²) in [5.41, 5.74) is 5.55. The lowest BCUT2D eigenvalue weighted by atomic mass is 9.46. The van der Waals surface area contributed by atoms with E-state index in [0.717, 1.165) is 32.3 Å². The molecule has 1 amide bonds. The van der Waals surface area contributed by atoms with Crippen molar-refractivity contribution in [3.63, 3.8) is 0 Å². The fourth-order valence-corrected chi connectivity index (χ4v) is 4.41. The van der Waals surface area contributed by atoms with E-state index in [0.29, 0.717) is 6.04 Å². The first kappa shape index (κ1) is 16.1. The van der Waals surface area contributed by atoms with Crippen molar-refractivity contribution in [1.29, 1.82) is 0 Å². The molecule has 4 nitrogen and oxygen atoms in total. The maximum atomic E-state index is 12.7. The van der Waals surface area contributed by atoms with Crippen molar-refractivity contribution < 1.29 is 9.53 Å². The fraction of sp³-hybridized carbons (Fsp3) is 0.933. The maximum absolute atomic E-state index is 12.7. The largest absolute Gasteiger partial charge is 0.377 e. The van der Waals surface area contributed by atoms with Gasteiger partial charge in [-0.3, -0.25) is 4.79 Å². The summed E-state index contributed by atoms with van der Waals surface area (Å²) in [6, 6.07) is 0.340. The van der Waals surface area contributed by atoms with Crippen molar-refractivity contribution in [2.45, 2.75) is 70.1 Å². The molecule has 0 radical (unpaired) electrons. The Morgan fingerprint density at radius 1 is 1.20 bits per heavy atom. The van der Waals surface area contributed by atoms with Crippen LogP contribution in [0.5, 0.6) is 0 Å². The number of hydrogen-bond donors (Lipinski definition) is 2. The number of hydrogen-bond acceptors (Lipinski definition) is 3. The molecule has 3 atom stereocenters. The van der Waals surface area contributed by atoms with Crippen LogP contribution >= 0.6 is 12.4 Å². The van der Waals surface area contributed by atoms with E-state index >= 15 is 0 Å². The molecule has 0 bridgehead atoms. The van der Waals surface area contributed by atoms with Crippen LogP contribution in [0, 0.1) is 11.3 Å². The topological polar surface area (TPSA) is 64.3 Å². The minimum absolute atomic E-state index is 0. The Morgan fingerprint density at radius 3 is 2.50 bits per heavy atom. The second kappa shape index (κ2) is 5.47. The quantitative estimate of drug-likeness (QED) is 0.820. The zero-order valence-electron chi connectivity index (χ0n) is 12.5. The fourth-order valence-electron chi connectivity index (χ4n) is 4.41. The third-order valence-electron chi connectivity index (χ3n) is 5.75. The van der Waals surface area contributed by atoms with E-state index in [1.54, 1.807) is 0 Å². The van der Waals surface area contributed by atoms with Gasteiger partial charge in [-0.05, 0) is 25.7 Å². The molecule has 3 fully saturated rings. The smallest absolute Gasteiger partial charge is 0.241 e. The van der Waals surface area contributed by atoms with Gasteiger partial charge in [-0.25, -0.2) is 0 Å². The number of carbonyl (C=O) groups excluding carboxylic acids is 1. The van der Waals surface area contributed by atoms with Crippen molar-refractivity contribution in [2.75, 3.05) is 6.61 Å². The number of halogens is 1. The summed E-state index contributed by atoms with van der Waals surface area (Å²) in [4.78, 5) is 12.7. The van der Waals surface area contributed by atoms with Crippen LogP contribution in [0.25, 0.3) is 0 Å². The molecule has 1 aliphatic heterocycles. The zero-order chi connectivity index (χ0) is 13.7. The molecule has 20 heavy (non-hydrogen) atoms. The molecule has 0 aromatic heterocycles. The predicted octanol–water partition coefficient (Wildman–Crippen LogP) is 2.00. The molecule has 3 aliphatic rings. The van der Waals surface area contributed by atoms with Gasteiger partial charge in [0.15, 0.2) is 0 Å². The van der Waals surface area contributed by atoms with Gasteiger partial charge in [0.25, 0.3) is 0 Å². The van der Waals surface area contributed by atoms with Gasteiger partial charge >= 0.3 is 0 Å². The lowest BCUT2D eigenvalue weighted by Gasteiger charge is -2.65. The van der Waals surface area contributed by atoms with Crippen molar-refractivity contribution in [3.05, 3.63) is 0 Å². The number of fused-ring (bicyclic) bond motifs is 1. The zero-order valence-corrected chi connectivity index (χ0v) is 13.3. The number of carbonyl (C=O) groups is 1. The Bertz CT molecular complexity index is 382. The average Bonchev–Trinajstić information content (AvgIpc) is 2.90. The molecule has 3 N–H and O–H groups in total. The van der Waals surface area contributed by atoms with Crippen LogP contribution in [0.4, 0.5) is 0 Å². The molecule has 5 heteroatoms. The second-order valence-corrected chi connectivity index (χ2v) is 7.09. The van der Waals surface area contributed by atoms with Crippen LogP contribution in [0.3, 0.4) is 0 Å². The summed E-state index contributed by atoms with van der Waals surface area (Å²) >= 11 is 0. The third-order valence-corrected chi connectivity index (χ3v) is 5.75. The number of rotatable bonds is 2. The number of nitrogens with two attached hydrogens (primary N) is 1. The van der Waals surface area contributed by atoms with Gasteiger partial charge in [-0.1, -0.05) is 26.7 Å². The highest BCUT2D eigenvalue weighted by atomic mass is 35.5. The van der Waals surface area contributed by atoms with E-state index in [4.69, 9.17) is 10.5 Å². The molecule has 0 aromatic carbocycles. The Kier molecular flexibility index (Phi) is 4.39. The number of amides is 1. The first-order valence-electron chi connectivity index (χ1n) is 7.69. The predicted molar refractivity (Wildman–Crippen MR) is 80.8 cm³/mol. The molecular formula is C15H27ClN2O2. The summed E-state index contributed by atoms with van der Waals surface area (Å²) in [6.45, 7) is 4.96. The molecule has 1 heterocycles. The first-order chi connectivity index (χ1) is 8.98. The van der Waals surface area contributed by atoms with Crippen LogP contribution in [0.1, 0.15) is 52.4 Å². The number of ether oxygens (including phenoxy) is 1. The van der Waals surface area contributed by atoms with E-state index in [1.807, 2.05) is 0 Å². The van der Waals surface area contributed by atoms with Crippen LogP contribution in [0.15, 0.2) is 0 Å². The van der Waals surface area contributed by atoms with Gasteiger partial charge < -0.3 is 15.8 Å². The normalized spacial score (nSPS) is 39.4. The summed E-state index contributed by atoms with van der Waals surface area (Å²) in [6.07, 6.45) is 6.85. The van der Waals surface area contributed by atoms with E-state index in [-0.39, 0.29) is 35.8 Å². The Morgan fingerprint density at radius 2 is 1.85 bits per heavy atom. The van der Waals surface area contributed by atoms with Crippen molar-refractivity contribution in [2.24, 2.45) is 17.1 Å². The molecule has 0 aromatic rings. The third kappa shape index (κ3) is 2.08. The molecule has 3 unspecified atom stereocenters. The van der Waals surface area contributed by atoms with Gasteiger partial charge in [-0.2, -0.15) is 0 Å². The van der Waals surface area contributed by atoms with E-state index in [9.17, 15) is 4.79 Å². The molecule has 2 saturated carbocycles. The Balaban J connectivity index is 0.00000147. The lowest BCUT2D eigenvalue weighted by Crippen LogP contribution is -2.82. The van der Waals surface area contributed by atoms with Gasteiger partial charge in [0.2, 0.25) is 5.91 Å². The molecular weight excluding hydrogens is 276 g/mol. The summed E-state index contributed by atoms with van der Waals surface area (Å²) in [7, 11) is 0. The minimum Gasteiger partial charge on any atom is -0.377 e. The summed E-state index contributed by atoms with van der Waals surface area (Å²) < 4.78 is 5.85. The number of nitrogens with one attached hydrogen (secondary N) is 1. The minimum atomic E-state index is -0.749. The SMILES string of the molecule is CC1(C)C2OCCCC2C1(N)C(=O)NC1CCCC1.Cl. The van der Waals surface area contributed by atoms with E-state index < -0.39 is 5.54 Å². The van der Waals surface area contributed by atoms with Crippen molar-refractivity contribution in [1.82, 2.24) is 5.32 Å².